The second-order valence-electron chi connectivity index (χ2n) is 6.70. The third kappa shape index (κ3) is 2.67. The van der Waals surface area contributed by atoms with E-state index in [-0.39, 0.29) is 0 Å². The number of ether oxygens (including phenoxy) is 1. The van der Waals surface area contributed by atoms with Crippen molar-refractivity contribution < 1.29 is 4.74 Å². The first-order valence-electron chi connectivity index (χ1n) is 7.56. The van der Waals surface area contributed by atoms with Crippen molar-refractivity contribution in [1.82, 2.24) is 9.80 Å². The predicted molar refractivity (Wildman–Crippen MR) is 84.2 cm³/mol. The molecule has 2 saturated heterocycles. The normalized spacial score (nSPS) is 31.6. The molecule has 0 amide bonds. The minimum atomic E-state index is 0.468. The summed E-state index contributed by atoms with van der Waals surface area (Å²) in [5, 5.41) is 2.22. The summed E-state index contributed by atoms with van der Waals surface area (Å²) in [6.07, 6.45) is 1.33. The first kappa shape index (κ1) is 14.5. The highest BCUT2D eigenvalue weighted by molar-refractivity contribution is 7.10. The van der Waals surface area contributed by atoms with Crippen molar-refractivity contribution in [1.29, 1.82) is 0 Å². The molecule has 2 atom stereocenters. The maximum atomic E-state index is 5.48. The molecule has 0 aromatic carbocycles. The number of thiophene rings is 1. The Morgan fingerprint density at radius 2 is 2.30 bits per heavy atom. The van der Waals surface area contributed by atoms with Gasteiger partial charge in [0.1, 0.15) is 0 Å². The van der Waals surface area contributed by atoms with Crippen LogP contribution in [0, 0.1) is 18.3 Å². The average molecular weight is 294 g/mol. The van der Waals surface area contributed by atoms with Crippen LogP contribution in [0.5, 0.6) is 0 Å². The minimum Gasteiger partial charge on any atom is -0.384 e. The molecule has 2 fully saturated rings. The second kappa shape index (κ2) is 5.76. The zero-order valence-electron chi connectivity index (χ0n) is 12.9. The number of likely N-dealkylation sites (tertiary alicyclic amines) is 2. The van der Waals surface area contributed by atoms with Crippen molar-refractivity contribution in [2.75, 3.05) is 46.9 Å². The van der Waals surface area contributed by atoms with Gasteiger partial charge >= 0.3 is 0 Å². The van der Waals surface area contributed by atoms with E-state index in [0.717, 1.165) is 13.2 Å². The van der Waals surface area contributed by atoms with Gasteiger partial charge in [-0.1, -0.05) is 0 Å². The summed E-state index contributed by atoms with van der Waals surface area (Å²) in [6.45, 7) is 9.19. The summed E-state index contributed by atoms with van der Waals surface area (Å²) in [4.78, 5) is 6.68. The van der Waals surface area contributed by atoms with E-state index in [2.05, 4.69) is 35.2 Å². The van der Waals surface area contributed by atoms with Crippen molar-refractivity contribution in [2.45, 2.75) is 19.9 Å². The monoisotopic (exact) mass is 294 g/mol. The van der Waals surface area contributed by atoms with Gasteiger partial charge < -0.3 is 9.64 Å². The topological polar surface area (TPSA) is 15.7 Å². The van der Waals surface area contributed by atoms with E-state index in [9.17, 15) is 0 Å². The zero-order chi connectivity index (χ0) is 14.2. The van der Waals surface area contributed by atoms with Gasteiger partial charge in [-0.2, -0.15) is 0 Å². The van der Waals surface area contributed by atoms with Crippen molar-refractivity contribution in [2.24, 2.45) is 11.3 Å². The second-order valence-corrected chi connectivity index (χ2v) is 7.70. The molecular weight excluding hydrogens is 268 g/mol. The van der Waals surface area contributed by atoms with Crippen LogP contribution in [0.3, 0.4) is 0 Å². The molecule has 2 aliphatic heterocycles. The summed E-state index contributed by atoms with van der Waals surface area (Å²) >= 11 is 1.90. The Hall–Kier alpha value is -0.420. The SMILES string of the molecule is COC[C@H]1CN(C)C[C@@]12CCN(Cc1sccc1C)C2. The van der Waals surface area contributed by atoms with Gasteiger partial charge in [-0.3, -0.25) is 4.90 Å². The standard InChI is InChI=1S/C16H26N2OS/c1-13-4-7-20-15(13)9-18-6-5-16(12-18)11-17(2)8-14(16)10-19-3/h4,7,14H,5-6,8-12H2,1-3H3/t14-,16-/m1/s1. The maximum absolute atomic E-state index is 5.48. The molecule has 112 valence electrons. The number of aryl methyl sites for hydroxylation is 1. The largest absolute Gasteiger partial charge is 0.384 e. The maximum Gasteiger partial charge on any atom is 0.0509 e. The van der Waals surface area contributed by atoms with Gasteiger partial charge in [0.05, 0.1) is 6.61 Å². The Labute approximate surface area is 126 Å². The molecule has 3 nitrogen and oxygen atoms in total. The van der Waals surface area contributed by atoms with Crippen molar-refractivity contribution in [3.8, 4) is 0 Å². The van der Waals surface area contributed by atoms with Crippen LogP contribution in [0.25, 0.3) is 0 Å². The van der Waals surface area contributed by atoms with Crippen LogP contribution >= 0.6 is 11.3 Å². The summed E-state index contributed by atoms with van der Waals surface area (Å²) in [7, 11) is 4.09. The van der Waals surface area contributed by atoms with E-state index in [1.54, 1.807) is 0 Å². The summed E-state index contributed by atoms with van der Waals surface area (Å²) in [5.41, 5.74) is 1.92. The molecule has 2 aliphatic rings. The molecule has 4 heteroatoms. The summed E-state index contributed by atoms with van der Waals surface area (Å²) in [6, 6.07) is 2.24. The van der Waals surface area contributed by atoms with Crippen LogP contribution in [0.1, 0.15) is 16.9 Å². The van der Waals surface area contributed by atoms with E-state index < -0.39 is 0 Å². The molecule has 1 aromatic heterocycles. The van der Waals surface area contributed by atoms with Gasteiger partial charge in [-0.05, 0) is 43.9 Å². The van der Waals surface area contributed by atoms with Crippen LogP contribution in [0.2, 0.25) is 0 Å². The number of nitrogens with zero attached hydrogens (tertiary/aromatic N) is 2. The van der Waals surface area contributed by atoms with Crippen LogP contribution in [-0.2, 0) is 11.3 Å². The number of hydrogen-bond donors (Lipinski definition) is 0. The number of methoxy groups -OCH3 is 1. The van der Waals surface area contributed by atoms with E-state index in [0.29, 0.717) is 11.3 Å². The molecule has 0 saturated carbocycles. The Balaban J connectivity index is 1.67. The van der Waals surface area contributed by atoms with E-state index >= 15 is 0 Å². The lowest BCUT2D eigenvalue weighted by atomic mass is 9.78. The van der Waals surface area contributed by atoms with Crippen molar-refractivity contribution >= 4 is 11.3 Å². The van der Waals surface area contributed by atoms with E-state index in [1.807, 2.05) is 18.4 Å². The lowest BCUT2D eigenvalue weighted by molar-refractivity contribution is 0.0959. The van der Waals surface area contributed by atoms with E-state index in [1.165, 1.54) is 43.0 Å². The van der Waals surface area contributed by atoms with Gasteiger partial charge in [-0.15, -0.1) is 11.3 Å². The van der Waals surface area contributed by atoms with Gasteiger partial charge in [0.2, 0.25) is 0 Å². The Kier molecular flexibility index (Phi) is 4.18. The number of hydrogen-bond acceptors (Lipinski definition) is 4. The predicted octanol–water partition coefficient (Wildman–Crippen LogP) is 2.46. The van der Waals surface area contributed by atoms with Gasteiger partial charge in [-0.25, -0.2) is 0 Å². The fourth-order valence-electron chi connectivity index (χ4n) is 4.08. The average Bonchev–Trinajstić information content (AvgIpc) is 3.05. The molecule has 0 radical (unpaired) electrons. The molecule has 0 N–H and O–H groups in total. The highest BCUT2D eigenvalue weighted by Gasteiger charge is 2.49. The Morgan fingerprint density at radius 1 is 1.45 bits per heavy atom. The Morgan fingerprint density at radius 3 is 3.00 bits per heavy atom. The van der Waals surface area contributed by atoms with Crippen molar-refractivity contribution in [3.05, 3.63) is 21.9 Å². The van der Waals surface area contributed by atoms with Crippen molar-refractivity contribution in [3.63, 3.8) is 0 Å². The van der Waals surface area contributed by atoms with Gasteiger partial charge in [0.15, 0.2) is 0 Å². The lowest BCUT2D eigenvalue weighted by Crippen LogP contribution is -2.35. The van der Waals surface area contributed by atoms with Crippen LogP contribution in [0.15, 0.2) is 11.4 Å². The molecule has 0 bridgehead atoms. The first-order valence-corrected chi connectivity index (χ1v) is 8.44. The number of rotatable bonds is 4. The smallest absolute Gasteiger partial charge is 0.0509 e. The van der Waals surface area contributed by atoms with Crippen LogP contribution in [0.4, 0.5) is 0 Å². The summed E-state index contributed by atoms with van der Waals surface area (Å²) < 4.78 is 5.48. The molecular formula is C16H26N2OS. The van der Waals surface area contributed by atoms with Crippen LogP contribution in [-0.4, -0.2) is 56.7 Å². The fraction of sp³-hybridized carbons (Fsp3) is 0.750. The molecule has 1 aromatic rings. The molecule has 0 unspecified atom stereocenters. The minimum absolute atomic E-state index is 0.468. The van der Waals surface area contributed by atoms with Crippen LogP contribution < -0.4 is 0 Å². The third-order valence-corrected chi connectivity index (χ3v) is 6.16. The molecule has 3 rings (SSSR count). The molecule has 1 spiro atoms. The fourth-order valence-corrected chi connectivity index (χ4v) is 5.03. The first-order chi connectivity index (χ1) is 9.63. The van der Waals surface area contributed by atoms with Gasteiger partial charge in [0, 0.05) is 49.5 Å². The zero-order valence-corrected chi connectivity index (χ0v) is 13.7. The lowest BCUT2D eigenvalue weighted by Gasteiger charge is -2.30. The molecule has 3 heterocycles. The molecule has 20 heavy (non-hydrogen) atoms. The highest BCUT2D eigenvalue weighted by atomic mass is 32.1. The van der Waals surface area contributed by atoms with Gasteiger partial charge in [0.25, 0.3) is 0 Å². The quantitative estimate of drug-likeness (QED) is 0.848. The Bertz CT molecular complexity index is 461. The molecule has 0 aliphatic carbocycles. The summed E-state index contributed by atoms with van der Waals surface area (Å²) in [5.74, 6) is 0.701. The van der Waals surface area contributed by atoms with E-state index in [4.69, 9.17) is 4.74 Å². The third-order valence-electron chi connectivity index (χ3n) is 5.15. The highest BCUT2D eigenvalue weighted by Crippen LogP contribution is 2.44.